The van der Waals surface area contributed by atoms with Gasteiger partial charge in [-0.25, -0.2) is 0 Å². The first-order valence-corrected chi connectivity index (χ1v) is 11.7. The molecule has 0 bridgehead atoms. The van der Waals surface area contributed by atoms with Gasteiger partial charge in [0.05, 0.1) is 25.7 Å². The fourth-order valence-corrected chi connectivity index (χ4v) is 3.46. The lowest BCUT2D eigenvalue weighted by Crippen LogP contribution is -2.20. The Hall–Kier alpha value is -2.58. The molecule has 0 saturated heterocycles. The molecule has 0 atom stereocenters. The Morgan fingerprint density at radius 1 is 0.647 bits per heavy atom. The van der Waals surface area contributed by atoms with Gasteiger partial charge in [0.1, 0.15) is 12.5 Å². The van der Waals surface area contributed by atoms with Crippen molar-refractivity contribution in [2.24, 2.45) is 10.8 Å². The van der Waals surface area contributed by atoms with Crippen LogP contribution in [0, 0.1) is 10.8 Å². The fourth-order valence-electron chi connectivity index (χ4n) is 3.46. The Kier molecular flexibility index (Phi) is 10.4. The topological polar surface area (TPSA) is 119 Å². The second-order valence-electron chi connectivity index (χ2n) is 10.3. The number of aromatic hydroxyl groups is 2. The molecule has 0 spiro atoms. The smallest absolute Gasteiger partial charge is 0.229 e. The molecule has 0 radical (unpaired) electrons. The van der Waals surface area contributed by atoms with Gasteiger partial charge in [0.2, 0.25) is 10.9 Å². The zero-order chi connectivity index (χ0) is 25.2. The van der Waals surface area contributed by atoms with Crippen molar-refractivity contribution in [1.82, 2.24) is 0 Å². The van der Waals surface area contributed by atoms with Crippen molar-refractivity contribution in [1.29, 1.82) is 0 Å². The minimum atomic E-state index is -0.372. The Labute approximate surface area is 200 Å². The second-order valence-corrected chi connectivity index (χ2v) is 10.3. The van der Waals surface area contributed by atoms with Crippen molar-refractivity contribution in [3.05, 3.63) is 56.6 Å². The standard InChI is InChI=1S/C26H38O8/c1-25(2,7-5-19-15-33-17-21(27)23(19)29)9-11-31-13-14-32-12-10-26(3,4)8-6-20-16-34-18-22(28)24(20)30/h15-18,27-28H,5-14H2,1-4H3. The summed E-state index contributed by atoms with van der Waals surface area (Å²) in [5.74, 6) is -0.711. The highest BCUT2D eigenvalue weighted by molar-refractivity contribution is 5.21. The average Bonchev–Trinajstić information content (AvgIpc) is 2.77. The predicted molar refractivity (Wildman–Crippen MR) is 128 cm³/mol. The zero-order valence-corrected chi connectivity index (χ0v) is 20.7. The second kappa shape index (κ2) is 12.8. The van der Waals surface area contributed by atoms with Crippen molar-refractivity contribution >= 4 is 0 Å². The van der Waals surface area contributed by atoms with Crippen LogP contribution in [0.4, 0.5) is 0 Å². The number of hydrogen-bond acceptors (Lipinski definition) is 8. The normalized spacial score (nSPS) is 12.2. The Bertz CT molecular complexity index is 921. The third kappa shape index (κ3) is 9.35. The summed E-state index contributed by atoms with van der Waals surface area (Å²) in [6, 6.07) is 0. The molecule has 0 aromatic carbocycles. The Morgan fingerprint density at radius 2 is 1.03 bits per heavy atom. The molecule has 190 valence electrons. The highest BCUT2D eigenvalue weighted by Crippen LogP contribution is 2.28. The van der Waals surface area contributed by atoms with Crippen LogP contribution in [0.5, 0.6) is 11.5 Å². The lowest BCUT2D eigenvalue weighted by atomic mass is 9.83. The van der Waals surface area contributed by atoms with E-state index in [4.69, 9.17) is 18.3 Å². The van der Waals surface area contributed by atoms with E-state index in [1.807, 2.05) is 0 Å². The molecular weight excluding hydrogens is 440 g/mol. The van der Waals surface area contributed by atoms with E-state index in [2.05, 4.69) is 27.7 Å². The number of rotatable bonds is 15. The van der Waals surface area contributed by atoms with Crippen LogP contribution in [-0.2, 0) is 22.3 Å². The van der Waals surface area contributed by atoms with Gasteiger partial charge in [-0.3, -0.25) is 9.59 Å². The molecule has 0 unspecified atom stereocenters. The van der Waals surface area contributed by atoms with E-state index < -0.39 is 0 Å². The first kappa shape index (κ1) is 27.7. The van der Waals surface area contributed by atoms with E-state index in [9.17, 15) is 19.8 Å². The monoisotopic (exact) mass is 478 g/mol. The molecule has 2 aromatic rings. The predicted octanol–water partition coefficient (Wildman–Crippen LogP) is 4.44. The minimum Gasteiger partial charge on any atom is -0.502 e. The maximum Gasteiger partial charge on any atom is 0.229 e. The van der Waals surface area contributed by atoms with Crippen LogP contribution in [0.3, 0.4) is 0 Å². The van der Waals surface area contributed by atoms with Crippen molar-refractivity contribution in [3.8, 4) is 11.5 Å². The molecule has 0 aliphatic carbocycles. The zero-order valence-electron chi connectivity index (χ0n) is 20.7. The van der Waals surface area contributed by atoms with Gasteiger partial charge in [0.15, 0.2) is 11.5 Å². The molecule has 8 heteroatoms. The lowest BCUT2D eigenvalue weighted by Gasteiger charge is -2.25. The average molecular weight is 479 g/mol. The fraction of sp³-hybridized carbons (Fsp3) is 0.615. The summed E-state index contributed by atoms with van der Waals surface area (Å²) >= 11 is 0. The maximum atomic E-state index is 11.9. The summed E-state index contributed by atoms with van der Waals surface area (Å²) in [4.78, 5) is 23.8. The van der Waals surface area contributed by atoms with Crippen LogP contribution in [-0.4, -0.2) is 36.6 Å². The van der Waals surface area contributed by atoms with E-state index in [0.29, 0.717) is 50.4 Å². The summed E-state index contributed by atoms with van der Waals surface area (Å²) in [5.41, 5.74) is 0.184. The Balaban J connectivity index is 1.56. The highest BCUT2D eigenvalue weighted by Gasteiger charge is 2.20. The molecule has 2 heterocycles. The van der Waals surface area contributed by atoms with E-state index in [0.717, 1.165) is 38.2 Å². The van der Waals surface area contributed by atoms with Gasteiger partial charge in [-0.15, -0.1) is 0 Å². The molecular formula is C26H38O8. The lowest BCUT2D eigenvalue weighted by molar-refractivity contribution is 0.0275. The number of hydrogen-bond donors (Lipinski definition) is 2. The molecule has 0 saturated carbocycles. The number of ether oxygens (including phenoxy) is 2. The van der Waals surface area contributed by atoms with Crippen molar-refractivity contribution in [2.45, 2.75) is 66.2 Å². The molecule has 0 fully saturated rings. The van der Waals surface area contributed by atoms with Crippen molar-refractivity contribution < 1.29 is 28.5 Å². The van der Waals surface area contributed by atoms with Gasteiger partial charge < -0.3 is 28.5 Å². The molecule has 2 rings (SSSR count). The SMILES string of the molecule is CC(C)(CCOCCOCCC(C)(C)CCc1cocc(O)c1=O)CCc1cocc(O)c1=O. The largest absolute Gasteiger partial charge is 0.502 e. The van der Waals surface area contributed by atoms with Gasteiger partial charge >= 0.3 is 0 Å². The van der Waals surface area contributed by atoms with Gasteiger partial charge in [-0.1, -0.05) is 27.7 Å². The maximum absolute atomic E-state index is 11.9. The minimum absolute atomic E-state index is 0.0183. The van der Waals surface area contributed by atoms with E-state index >= 15 is 0 Å². The van der Waals surface area contributed by atoms with Crippen LogP contribution in [0.25, 0.3) is 0 Å². The highest BCUT2D eigenvalue weighted by atomic mass is 16.5. The van der Waals surface area contributed by atoms with Crippen LogP contribution in [0.1, 0.15) is 64.5 Å². The van der Waals surface area contributed by atoms with Gasteiger partial charge in [-0.05, 0) is 49.4 Å². The summed E-state index contributed by atoms with van der Waals surface area (Å²) in [5, 5.41) is 18.9. The molecule has 0 amide bonds. The summed E-state index contributed by atoms with van der Waals surface area (Å²) in [6.07, 6.45) is 9.21. The van der Waals surface area contributed by atoms with E-state index in [1.54, 1.807) is 0 Å². The number of aryl methyl sites for hydroxylation is 2. The summed E-state index contributed by atoms with van der Waals surface area (Å²) in [7, 11) is 0. The summed E-state index contributed by atoms with van der Waals surface area (Å²) < 4.78 is 21.4. The molecule has 2 N–H and O–H groups in total. The van der Waals surface area contributed by atoms with Crippen LogP contribution >= 0.6 is 0 Å². The first-order valence-electron chi connectivity index (χ1n) is 11.7. The van der Waals surface area contributed by atoms with Crippen LogP contribution in [0.15, 0.2) is 43.5 Å². The van der Waals surface area contributed by atoms with Crippen molar-refractivity contribution in [3.63, 3.8) is 0 Å². The third-order valence-corrected chi connectivity index (χ3v) is 6.19. The molecule has 0 aliphatic heterocycles. The molecule has 2 aromatic heterocycles. The van der Waals surface area contributed by atoms with Gasteiger partial charge in [-0.2, -0.15) is 0 Å². The summed E-state index contributed by atoms with van der Waals surface area (Å²) in [6.45, 7) is 10.7. The first-order chi connectivity index (χ1) is 16.0. The van der Waals surface area contributed by atoms with Crippen molar-refractivity contribution in [2.75, 3.05) is 26.4 Å². The van der Waals surface area contributed by atoms with Crippen LogP contribution < -0.4 is 10.9 Å². The van der Waals surface area contributed by atoms with Crippen LogP contribution in [0.2, 0.25) is 0 Å². The molecule has 8 nitrogen and oxygen atoms in total. The Morgan fingerprint density at radius 3 is 1.41 bits per heavy atom. The van der Waals surface area contributed by atoms with E-state index in [1.165, 1.54) is 12.5 Å². The van der Waals surface area contributed by atoms with Gasteiger partial charge in [0.25, 0.3) is 0 Å². The molecule has 0 aliphatic rings. The van der Waals surface area contributed by atoms with Gasteiger partial charge in [0, 0.05) is 24.3 Å². The quantitative estimate of drug-likeness (QED) is 0.361. The third-order valence-electron chi connectivity index (χ3n) is 6.19. The molecule has 34 heavy (non-hydrogen) atoms. The van der Waals surface area contributed by atoms with E-state index in [-0.39, 0.29) is 33.2 Å².